The van der Waals surface area contributed by atoms with Crippen LogP contribution in [0.1, 0.15) is 11.3 Å². The Morgan fingerprint density at radius 3 is 2.78 bits per heavy atom. The van der Waals surface area contributed by atoms with Gasteiger partial charge < -0.3 is 16.0 Å². The Morgan fingerprint density at radius 2 is 1.96 bits per heavy atom. The number of H-pyrrole nitrogens is 1. The summed E-state index contributed by atoms with van der Waals surface area (Å²) in [6.45, 7) is 3.08. The zero-order chi connectivity index (χ0) is 18.6. The average Bonchev–Trinajstić information content (AvgIpc) is 3.18. The number of aromatic nitrogens is 4. The van der Waals surface area contributed by atoms with Gasteiger partial charge in [-0.25, -0.2) is 9.97 Å². The third kappa shape index (κ3) is 4.16. The minimum atomic E-state index is 0.545. The van der Waals surface area contributed by atoms with Crippen molar-refractivity contribution >= 4 is 34.8 Å². The highest BCUT2D eigenvalue weighted by molar-refractivity contribution is 6.36. The van der Waals surface area contributed by atoms with E-state index >= 15 is 0 Å². The van der Waals surface area contributed by atoms with Gasteiger partial charge in [-0.1, -0.05) is 23.2 Å². The van der Waals surface area contributed by atoms with Crippen LogP contribution in [0.25, 0.3) is 11.4 Å². The molecule has 1 aliphatic rings. The third-order valence-electron chi connectivity index (χ3n) is 4.34. The molecular formula is C18H19Cl2N7. The summed E-state index contributed by atoms with van der Waals surface area (Å²) in [5, 5.41) is 18.0. The molecule has 0 atom stereocenters. The highest BCUT2D eigenvalue weighted by atomic mass is 35.5. The molecule has 3 aromatic rings. The summed E-state index contributed by atoms with van der Waals surface area (Å²) in [6, 6.07) is 7.26. The molecule has 0 spiro atoms. The Morgan fingerprint density at radius 1 is 1.07 bits per heavy atom. The van der Waals surface area contributed by atoms with E-state index in [0.717, 1.165) is 54.5 Å². The highest BCUT2D eigenvalue weighted by Crippen LogP contribution is 2.31. The second kappa shape index (κ2) is 8.12. The molecule has 0 radical (unpaired) electrons. The van der Waals surface area contributed by atoms with E-state index in [-0.39, 0.29) is 0 Å². The van der Waals surface area contributed by atoms with Crippen molar-refractivity contribution in [2.45, 2.75) is 13.0 Å². The van der Waals surface area contributed by atoms with E-state index in [9.17, 15) is 0 Å². The summed E-state index contributed by atoms with van der Waals surface area (Å²) >= 11 is 12.4. The van der Waals surface area contributed by atoms with E-state index < -0.39 is 0 Å². The molecule has 9 heteroatoms. The minimum Gasteiger partial charge on any atom is -0.369 e. The van der Waals surface area contributed by atoms with Crippen LogP contribution in [0.5, 0.6) is 0 Å². The van der Waals surface area contributed by atoms with Gasteiger partial charge in [0.2, 0.25) is 0 Å². The number of benzene rings is 1. The lowest BCUT2D eigenvalue weighted by Gasteiger charge is -2.21. The van der Waals surface area contributed by atoms with Gasteiger partial charge in [-0.2, -0.15) is 5.10 Å². The Balaban J connectivity index is 1.57. The molecule has 0 saturated heterocycles. The van der Waals surface area contributed by atoms with E-state index in [1.807, 2.05) is 12.1 Å². The maximum Gasteiger partial charge on any atom is 0.163 e. The number of aromatic amines is 1. The van der Waals surface area contributed by atoms with Crippen LogP contribution in [-0.4, -0.2) is 39.8 Å². The van der Waals surface area contributed by atoms with E-state index in [1.165, 1.54) is 0 Å². The van der Waals surface area contributed by atoms with Gasteiger partial charge in [-0.3, -0.25) is 5.10 Å². The maximum absolute atomic E-state index is 6.37. The first-order chi connectivity index (χ1) is 13.2. The van der Waals surface area contributed by atoms with Crippen LogP contribution in [0.4, 0.5) is 11.6 Å². The predicted molar refractivity (Wildman–Crippen MR) is 108 cm³/mol. The van der Waals surface area contributed by atoms with E-state index in [2.05, 4.69) is 26.1 Å². The molecule has 0 amide bonds. The van der Waals surface area contributed by atoms with Crippen molar-refractivity contribution in [2.24, 2.45) is 0 Å². The molecule has 0 fully saturated rings. The van der Waals surface area contributed by atoms with E-state index in [1.54, 1.807) is 18.3 Å². The number of nitrogens with zero attached hydrogens (tertiary/aromatic N) is 3. The number of rotatable bonds is 6. The lowest BCUT2D eigenvalue weighted by molar-refractivity contribution is 0.628. The van der Waals surface area contributed by atoms with Crippen molar-refractivity contribution in [1.29, 1.82) is 0 Å². The molecule has 140 valence electrons. The number of anilines is 2. The molecule has 0 unspecified atom stereocenters. The Kier molecular flexibility index (Phi) is 5.42. The molecule has 0 bridgehead atoms. The van der Waals surface area contributed by atoms with Crippen molar-refractivity contribution in [3.63, 3.8) is 0 Å². The minimum absolute atomic E-state index is 0.545. The summed E-state index contributed by atoms with van der Waals surface area (Å²) in [5.74, 6) is 2.33. The van der Waals surface area contributed by atoms with Gasteiger partial charge in [0.15, 0.2) is 5.82 Å². The lowest BCUT2D eigenvalue weighted by atomic mass is 10.1. The SMILES string of the molecule is Clc1ccc(-c2nc3c(c(NCCNc4ccn[nH]4)n2)CNCC3)c(Cl)c1. The fourth-order valence-corrected chi connectivity index (χ4v) is 3.51. The third-order valence-corrected chi connectivity index (χ3v) is 4.89. The Hall–Kier alpha value is -2.35. The quantitative estimate of drug-likeness (QED) is 0.471. The molecule has 27 heavy (non-hydrogen) atoms. The number of halogens is 2. The predicted octanol–water partition coefficient (Wildman–Crippen LogP) is 3.34. The molecular weight excluding hydrogens is 385 g/mol. The molecule has 1 aliphatic heterocycles. The second-order valence-corrected chi connectivity index (χ2v) is 7.04. The smallest absolute Gasteiger partial charge is 0.163 e. The Bertz CT molecular complexity index is 928. The summed E-state index contributed by atoms with van der Waals surface area (Å²) in [7, 11) is 0. The van der Waals surface area contributed by atoms with Crippen molar-refractivity contribution in [3.8, 4) is 11.4 Å². The number of hydrogen-bond donors (Lipinski definition) is 4. The molecule has 4 N–H and O–H groups in total. The first kappa shape index (κ1) is 18.0. The maximum atomic E-state index is 6.37. The van der Waals surface area contributed by atoms with Gasteiger partial charge in [0, 0.05) is 48.7 Å². The van der Waals surface area contributed by atoms with Crippen molar-refractivity contribution in [2.75, 3.05) is 30.3 Å². The van der Waals surface area contributed by atoms with Crippen LogP contribution >= 0.6 is 23.2 Å². The summed E-state index contributed by atoms with van der Waals surface area (Å²) in [6.07, 6.45) is 2.57. The standard InChI is InChI=1S/C18H19Cl2N7/c19-11-1-2-12(14(20)9-11)18-25-15-3-5-21-10-13(15)17(26-18)23-8-7-22-16-4-6-24-27-16/h1-2,4,6,9,21H,3,5,7-8,10H2,(H2,22,24,27)(H,23,25,26). The first-order valence-corrected chi connectivity index (χ1v) is 9.49. The van der Waals surface area contributed by atoms with Gasteiger partial charge in [-0.05, 0) is 24.3 Å². The largest absolute Gasteiger partial charge is 0.369 e. The zero-order valence-corrected chi connectivity index (χ0v) is 16.0. The number of nitrogens with one attached hydrogen (secondary N) is 4. The topological polar surface area (TPSA) is 90.5 Å². The van der Waals surface area contributed by atoms with E-state index in [0.29, 0.717) is 22.4 Å². The van der Waals surface area contributed by atoms with Gasteiger partial charge in [0.05, 0.1) is 16.9 Å². The van der Waals surface area contributed by atoms with Crippen LogP contribution in [0.2, 0.25) is 10.0 Å². The van der Waals surface area contributed by atoms with Crippen LogP contribution in [0, 0.1) is 0 Å². The molecule has 7 nitrogen and oxygen atoms in total. The van der Waals surface area contributed by atoms with E-state index in [4.69, 9.17) is 33.2 Å². The van der Waals surface area contributed by atoms with Crippen LogP contribution < -0.4 is 16.0 Å². The first-order valence-electron chi connectivity index (χ1n) is 8.74. The zero-order valence-electron chi connectivity index (χ0n) is 14.5. The molecule has 1 aromatic carbocycles. The van der Waals surface area contributed by atoms with Gasteiger partial charge in [-0.15, -0.1) is 0 Å². The monoisotopic (exact) mass is 403 g/mol. The van der Waals surface area contributed by atoms with Crippen LogP contribution in [0.15, 0.2) is 30.5 Å². The van der Waals surface area contributed by atoms with Gasteiger partial charge in [0.1, 0.15) is 11.6 Å². The van der Waals surface area contributed by atoms with Crippen LogP contribution in [-0.2, 0) is 13.0 Å². The van der Waals surface area contributed by atoms with Crippen molar-refractivity contribution in [3.05, 3.63) is 51.8 Å². The van der Waals surface area contributed by atoms with Crippen LogP contribution in [0.3, 0.4) is 0 Å². The molecule has 3 heterocycles. The molecule has 0 saturated carbocycles. The van der Waals surface area contributed by atoms with Crippen molar-refractivity contribution in [1.82, 2.24) is 25.5 Å². The Labute approximate surface area is 166 Å². The fraction of sp³-hybridized carbons (Fsp3) is 0.278. The fourth-order valence-electron chi connectivity index (χ4n) is 3.01. The number of hydrogen-bond acceptors (Lipinski definition) is 6. The number of fused-ring (bicyclic) bond motifs is 1. The highest BCUT2D eigenvalue weighted by Gasteiger charge is 2.19. The molecule has 0 aliphatic carbocycles. The average molecular weight is 404 g/mol. The second-order valence-electron chi connectivity index (χ2n) is 6.20. The van der Waals surface area contributed by atoms with Crippen molar-refractivity contribution < 1.29 is 0 Å². The lowest BCUT2D eigenvalue weighted by Crippen LogP contribution is -2.27. The van der Waals surface area contributed by atoms with Gasteiger partial charge in [0.25, 0.3) is 0 Å². The molecule has 2 aromatic heterocycles. The molecule has 4 rings (SSSR count). The summed E-state index contributed by atoms with van der Waals surface area (Å²) in [4.78, 5) is 9.50. The normalized spacial score (nSPS) is 13.3. The van der Waals surface area contributed by atoms with Gasteiger partial charge >= 0.3 is 0 Å². The summed E-state index contributed by atoms with van der Waals surface area (Å²) in [5.41, 5.74) is 2.94. The summed E-state index contributed by atoms with van der Waals surface area (Å²) < 4.78 is 0.